The molecule has 0 fully saturated rings. The van der Waals surface area contributed by atoms with E-state index in [0.29, 0.717) is 11.6 Å². The fourth-order valence-electron chi connectivity index (χ4n) is 2.09. The first-order valence-corrected chi connectivity index (χ1v) is 7.83. The Balaban J connectivity index is 2.05. The van der Waals surface area contributed by atoms with E-state index < -0.39 is 0 Å². The molecule has 1 heterocycles. The van der Waals surface area contributed by atoms with Gasteiger partial charge in [0, 0.05) is 22.1 Å². The molecule has 0 aliphatic carbocycles. The Hall–Kier alpha value is -2.33. The largest absolute Gasteiger partial charge is 0.384 e. The van der Waals surface area contributed by atoms with Gasteiger partial charge in [0.1, 0.15) is 5.82 Å². The molecule has 0 unspecified atom stereocenters. The Bertz CT molecular complexity index is 740. The maximum Gasteiger partial charge on any atom is 0.162 e. The third-order valence-electron chi connectivity index (χ3n) is 3.16. The van der Waals surface area contributed by atoms with E-state index in [1.165, 1.54) is 4.90 Å². The number of aromatic nitrogens is 2. The number of nitrogens with zero attached hydrogens (tertiary/aromatic N) is 2. The normalized spacial score (nSPS) is 10.5. The van der Waals surface area contributed by atoms with Gasteiger partial charge in [0.15, 0.2) is 5.82 Å². The Morgan fingerprint density at radius 1 is 0.857 bits per heavy atom. The van der Waals surface area contributed by atoms with Crippen LogP contribution in [0.25, 0.3) is 22.6 Å². The summed E-state index contributed by atoms with van der Waals surface area (Å²) in [5.41, 5.74) is 8.78. The molecule has 4 heteroatoms. The van der Waals surface area contributed by atoms with Crippen LogP contribution < -0.4 is 5.73 Å². The summed E-state index contributed by atoms with van der Waals surface area (Å²) in [5.74, 6) is 1.13. The molecule has 0 amide bonds. The monoisotopic (exact) mass is 293 g/mol. The molecular weight excluding hydrogens is 278 g/mol. The second kappa shape index (κ2) is 5.97. The fraction of sp³-hybridized carbons (Fsp3) is 0.0588. The first-order chi connectivity index (χ1) is 10.3. The van der Waals surface area contributed by atoms with E-state index in [-0.39, 0.29) is 0 Å². The van der Waals surface area contributed by atoms with Crippen LogP contribution in [0, 0.1) is 0 Å². The second-order valence-electron chi connectivity index (χ2n) is 4.60. The minimum absolute atomic E-state index is 0.479. The number of nitrogens with two attached hydrogens (primary N) is 1. The molecule has 104 valence electrons. The highest BCUT2D eigenvalue weighted by atomic mass is 32.2. The van der Waals surface area contributed by atoms with E-state index in [4.69, 9.17) is 5.73 Å². The quantitative estimate of drug-likeness (QED) is 0.738. The van der Waals surface area contributed by atoms with Crippen molar-refractivity contribution in [1.82, 2.24) is 9.97 Å². The number of hydrogen-bond acceptors (Lipinski definition) is 4. The highest BCUT2D eigenvalue weighted by Gasteiger charge is 2.07. The van der Waals surface area contributed by atoms with E-state index in [1.54, 1.807) is 17.8 Å². The maximum atomic E-state index is 5.93. The highest BCUT2D eigenvalue weighted by Crippen LogP contribution is 2.24. The van der Waals surface area contributed by atoms with E-state index in [2.05, 4.69) is 28.4 Å². The SMILES string of the molecule is CSc1ccc(-c2nc(N)cc(-c3ccccc3)n2)cc1. The van der Waals surface area contributed by atoms with Crippen molar-refractivity contribution in [1.29, 1.82) is 0 Å². The lowest BCUT2D eigenvalue weighted by atomic mass is 10.1. The Labute approximate surface area is 128 Å². The number of thioether (sulfide) groups is 1. The van der Waals surface area contributed by atoms with Gasteiger partial charge in [-0.2, -0.15) is 0 Å². The van der Waals surface area contributed by atoms with Crippen molar-refractivity contribution in [2.45, 2.75) is 4.90 Å². The van der Waals surface area contributed by atoms with Crippen molar-refractivity contribution >= 4 is 17.6 Å². The van der Waals surface area contributed by atoms with Gasteiger partial charge < -0.3 is 5.73 Å². The fourth-order valence-corrected chi connectivity index (χ4v) is 2.50. The lowest BCUT2D eigenvalue weighted by molar-refractivity contribution is 1.18. The molecule has 0 aliphatic heterocycles. The Kier molecular flexibility index (Phi) is 3.88. The summed E-state index contributed by atoms with van der Waals surface area (Å²) in [7, 11) is 0. The minimum atomic E-state index is 0.479. The summed E-state index contributed by atoms with van der Waals surface area (Å²) in [6.07, 6.45) is 2.06. The number of hydrogen-bond donors (Lipinski definition) is 1. The standard InChI is InChI=1S/C17H15N3S/c1-21-14-9-7-13(8-10-14)17-19-15(11-16(18)20-17)12-5-3-2-4-6-12/h2-11H,1H3,(H2,18,19,20). The predicted molar refractivity (Wildman–Crippen MR) is 89.1 cm³/mol. The van der Waals surface area contributed by atoms with Gasteiger partial charge in [-0.15, -0.1) is 11.8 Å². The van der Waals surface area contributed by atoms with Crippen LogP contribution in [0.4, 0.5) is 5.82 Å². The van der Waals surface area contributed by atoms with Crippen LogP contribution in [0.15, 0.2) is 65.6 Å². The van der Waals surface area contributed by atoms with Gasteiger partial charge in [-0.25, -0.2) is 9.97 Å². The van der Waals surface area contributed by atoms with Crippen molar-refractivity contribution in [3.63, 3.8) is 0 Å². The van der Waals surface area contributed by atoms with Gasteiger partial charge in [0.25, 0.3) is 0 Å². The summed E-state index contributed by atoms with van der Waals surface area (Å²) in [6, 6.07) is 20.0. The molecule has 0 atom stereocenters. The lowest BCUT2D eigenvalue weighted by Crippen LogP contribution is -1.97. The van der Waals surface area contributed by atoms with E-state index >= 15 is 0 Å². The third-order valence-corrected chi connectivity index (χ3v) is 3.91. The Morgan fingerprint density at radius 2 is 1.57 bits per heavy atom. The molecule has 21 heavy (non-hydrogen) atoms. The first kappa shape index (κ1) is 13.6. The molecule has 0 saturated carbocycles. The Morgan fingerprint density at radius 3 is 2.24 bits per heavy atom. The summed E-state index contributed by atoms with van der Waals surface area (Å²) in [4.78, 5) is 10.2. The zero-order valence-electron chi connectivity index (χ0n) is 11.7. The van der Waals surface area contributed by atoms with Crippen LogP contribution in [0.2, 0.25) is 0 Å². The van der Waals surface area contributed by atoms with Crippen LogP contribution in [-0.2, 0) is 0 Å². The molecule has 0 spiro atoms. The van der Waals surface area contributed by atoms with Gasteiger partial charge in [-0.1, -0.05) is 42.5 Å². The average molecular weight is 293 g/mol. The van der Waals surface area contributed by atoms with Crippen LogP contribution in [0.3, 0.4) is 0 Å². The summed E-state index contributed by atoms with van der Waals surface area (Å²) < 4.78 is 0. The zero-order chi connectivity index (χ0) is 14.7. The molecule has 1 aromatic heterocycles. The highest BCUT2D eigenvalue weighted by molar-refractivity contribution is 7.98. The number of anilines is 1. The molecule has 0 bridgehead atoms. The number of rotatable bonds is 3. The van der Waals surface area contributed by atoms with Crippen molar-refractivity contribution in [2.24, 2.45) is 0 Å². The molecule has 3 aromatic rings. The topological polar surface area (TPSA) is 51.8 Å². The summed E-state index contributed by atoms with van der Waals surface area (Å²) >= 11 is 1.71. The van der Waals surface area contributed by atoms with Gasteiger partial charge in [-0.3, -0.25) is 0 Å². The van der Waals surface area contributed by atoms with E-state index in [9.17, 15) is 0 Å². The second-order valence-corrected chi connectivity index (χ2v) is 5.48. The van der Waals surface area contributed by atoms with Gasteiger partial charge in [-0.05, 0) is 18.4 Å². The lowest BCUT2D eigenvalue weighted by Gasteiger charge is -2.06. The van der Waals surface area contributed by atoms with Crippen molar-refractivity contribution in [3.05, 3.63) is 60.7 Å². The molecule has 2 aromatic carbocycles. The number of benzene rings is 2. The average Bonchev–Trinajstić information content (AvgIpc) is 2.55. The number of nitrogen functional groups attached to an aromatic ring is 1. The minimum Gasteiger partial charge on any atom is -0.384 e. The molecule has 0 saturated heterocycles. The van der Waals surface area contributed by atoms with Gasteiger partial charge in [0.2, 0.25) is 0 Å². The van der Waals surface area contributed by atoms with Crippen LogP contribution in [-0.4, -0.2) is 16.2 Å². The maximum absolute atomic E-state index is 5.93. The van der Waals surface area contributed by atoms with E-state index in [0.717, 1.165) is 16.8 Å². The van der Waals surface area contributed by atoms with E-state index in [1.807, 2.05) is 42.5 Å². The smallest absolute Gasteiger partial charge is 0.162 e. The van der Waals surface area contributed by atoms with Crippen LogP contribution in [0.5, 0.6) is 0 Å². The molecule has 3 rings (SSSR count). The molecule has 3 nitrogen and oxygen atoms in total. The van der Waals surface area contributed by atoms with Crippen molar-refractivity contribution < 1.29 is 0 Å². The predicted octanol–water partition coefficient (Wildman–Crippen LogP) is 4.11. The molecule has 0 aliphatic rings. The van der Waals surface area contributed by atoms with Crippen LogP contribution >= 0.6 is 11.8 Å². The van der Waals surface area contributed by atoms with Crippen molar-refractivity contribution in [2.75, 3.05) is 12.0 Å². The van der Waals surface area contributed by atoms with Gasteiger partial charge >= 0.3 is 0 Å². The first-order valence-electron chi connectivity index (χ1n) is 6.60. The van der Waals surface area contributed by atoms with Crippen molar-refractivity contribution in [3.8, 4) is 22.6 Å². The third kappa shape index (κ3) is 3.06. The molecular formula is C17H15N3S. The van der Waals surface area contributed by atoms with Crippen LogP contribution in [0.1, 0.15) is 0 Å². The molecule has 2 N–H and O–H groups in total. The summed E-state index contributed by atoms with van der Waals surface area (Å²) in [6.45, 7) is 0. The van der Waals surface area contributed by atoms with Gasteiger partial charge in [0.05, 0.1) is 5.69 Å². The zero-order valence-corrected chi connectivity index (χ0v) is 12.5. The summed E-state index contributed by atoms with van der Waals surface area (Å²) in [5, 5.41) is 0. The molecule has 0 radical (unpaired) electrons.